The summed E-state index contributed by atoms with van der Waals surface area (Å²) in [6.07, 6.45) is -3.63. The lowest BCUT2D eigenvalue weighted by Crippen LogP contribution is -2.27. The number of rotatable bonds is 3. The average Bonchev–Trinajstić information content (AvgIpc) is 2.34. The van der Waals surface area contributed by atoms with Crippen LogP contribution in [-0.4, -0.2) is 22.7 Å². The molecular formula is C12H16F3N3. The van der Waals surface area contributed by atoms with Crippen molar-refractivity contribution < 1.29 is 13.2 Å². The molecule has 0 bridgehead atoms. The molecule has 0 fully saturated rings. The van der Waals surface area contributed by atoms with Crippen molar-refractivity contribution in [2.24, 2.45) is 0 Å². The number of hydrogen-bond donors (Lipinski definition) is 1. The molecule has 1 aromatic rings. The first-order valence-electron chi connectivity index (χ1n) is 6.14. The van der Waals surface area contributed by atoms with Crippen LogP contribution < -0.4 is 5.32 Å². The van der Waals surface area contributed by atoms with Gasteiger partial charge in [0.25, 0.3) is 0 Å². The zero-order chi connectivity index (χ0) is 13.2. The minimum atomic E-state index is -4.15. The third kappa shape index (κ3) is 3.19. The number of nitrogens with zero attached hydrogens (tertiary/aromatic N) is 2. The number of alkyl halides is 3. The van der Waals surface area contributed by atoms with Gasteiger partial charge in [-0.1, -0.05) is 6.92 Å². The topological polar surface area (TPSA) is 37.8 Å². The van der Waals surface area contributed by atoms with E-state index in [2.05, 4.69) is 15.3 Å². The van der Waals surface area contributed by atoms with E-state index in [4.69, 9.17) is 0 Å². The van der Waals surface area contributed by atoms with E-state index in [0.29, 0.717) is 5.82 Å². The van der Waals surface area contributed by atoms with Crippen LogP contribution in [0.5, 0.6) is 0 Å². The predicted octanol–water partition coefficient (Wildman–Crippen LogP) is 2.18. The molecule has 1 aliphatic rings. The summed E-state index contributed by atoms with van der Waals surface area (Å²) in [6.45, 7) is 3.51. The lowest BCUT2D eigenvalue weighted by molar-refractivity contribution is -0.134. The van der Waals surface area contributed by atoms with E-state index in [0.717, 1.165) is 42.9 Å². The number of hydrogen-bond acceptors (Lipinski definition) is 3. The zero-order valence-corrected chi connectivity index (χ0v) is 10.3. The highest BCUT2D eigenvalue weighted by atomic mass is 19.4. The van der Waals surface area contributed by atoms with Gasteiger partial charge in [-0.15, -0.1) is 0 Å². The maximum absolute atomic E-state index is 12.2. The van der Waals surface area contributed by atoms with E-state index in [1.54, 1.807) is 0 Å². The largest absolute Gasteiger partial charge is 0.389 e. The van der Waals surface area contributed by atoms with Gasteiger partial charge in [0, 0.05) is 37.2 Å². The van der Waals surface area contributed by atoms with Crippen molar-refractivity contribution in [2.75, 3.05) is 6.54 Å². The van der Waals surface area contributed by atoms with Gasteiger partial charge in [-0.3, -0.25) is 0 Å². The molecule has 100 valence electrons. The molecule has 1 aromatic heterocycles. The van der Waals surface area contributed by atoms with Crippen LogP contribution in [0.3, 0.4) is 0 Å². The van der Waals surface area contributed by atoms with Crippen LogP contribution in [0.25, 0.3) is 0 Å². The van der Waals surface area contributed by atoms with E-state index >= 15 is 0 Å². The lowest BCUT2D eigenvalue weighted by Gasteiger charge is -2.19. The fourth-order valence-corrected chi connectivity index (χ4v) is 2.13. The summed E-state index contributed by atoms with van der Waals surface area (Å²) in [5.41, 5.74) is 2.86. The minimum Gasteiger partial charge on any atom is -0.312 e. The molecule has 6 heteroatoms. The summed E-state index contributed by atoms with van der Waals surface area (Å²) >= 11 is 0. The molecule has 0 spiro atoms. The summed E-state index contributed by atoms with van der Waals surface area (Å²) in [7, 11) is 0. The Morgan fingerprint density at radius 2 is 2.06 bits per heavy atom. The Labute approximate surface area is 104 Å². The molecule has 2 rings (SSSR count). The number of aromatic nitrogens is 2. The van der Waals surface area contributed by atoms with E-state index in [9.17, 15) is 13.2 Å². The van der Waals surface area contributed by atoms with E-state index in [1.165, 1.54) is 0 Å². The molecule has 0 atom stereocenters. The van der Waals surface area contributed by atoms with Gasteiger partial charge in [0.05, 0.1) is 12.1 Å². The molecule has 0 aliphatic carbocycles. The predicted molar refractivity (Wildman–Crippen MR) is 61.2 cm³/mol. The van der Waals surface area contributed by atoms with Crippen LogP contribution in [0.2, 0.25) is 0 Å². The van der Waals surface area contributed by atoms with Crippen molar-refractivity contribution in [1.82, 2.24) is 15.3 Å². The molecule has 2 heterocycles. The first kappa shape index (κ1) is 13.3. The monoisotopic (exact) mass is 259 g/mol. The molecule has 1 aliphatic heterocycles. The van der Waals surface area contributed by atoms with Crippen molar-refractivity contribution in [3.05, 3.63) is 22.8 Å². The molecule has 0 aromatic carbocycles. The molecule has 0 unspecified atom stereocenters. The zero-order valence-electron chi connectivity index (χ0n) is 10.3. The lowest BCUT2D eigenvalue weighted by atomic mass is 10.0. The van der Waals surface area contributed by atoms with Gasteiger partial charge >= 0.3 is 6.18 Å². The molecule has 0 saturated carbocycles. The van der Waals surface area contributed by atoms with Gasteiger partial charge in [-0.25, -0.2) is 9.97 Å². The Kier molecular flexibility index (Phi) is 3.85. The third-order valence-electron chi connectivity index (χ3n) is 3.03. The van der Waals surface area contributed by atoms with Crippen LogP contribution in [0.1, 0.15) is 36.1 Å². The highest BCUT2D eigenvalue weighted by molar-refractivity contribution is 5.28. The summed E-state index contributed by atoms with van der Waals surface area (Å²) in [4.78, 5) is 8.53. The highest BCUT2D eigenvalue weighted by Crippen LogP contribution is 2.22. The molecular weight excluding hydrogens is 243 g/mol. The summed E-state index contributed by atoms with van der Waals surface area (Å²) in [6, 6.07) is 0. The second-order valence-corrected chi connectivity index (χ2v) is 4.41. The van der Waals surface area contributed by atoms with E-state index in [1.807, 2.05) is 6.92 Å². The van der Waals surface area contributed by atoms with Crippen molar-refractivity contribution in [2.45, 2.75) is 45.3 Å². The summed E-state index contributed by atoms with van der Waals surface area (Å²) in [5.74, 6) is 0.324. The number of halogens is 3. The van der Waals surface area contributed by atoms with Gasteiger partial charge in [0.2, 0.25) is 0 Å². The molecule has 0 amide bonds. The Morgan fingerprint density at radius 1 is 1.28 bits per heavy atom. The minimum absolute atomic E-state index is 0.128. The summed E-state index contributed by atoms with van der Waals surface area (Å²) in [5, 5.41) is 3.23. The molecule has 0 radical (unpaired) electrons. The normalized spacial score (nSPS) is 15.6. The number of fused-ring (bicyclic) bond motifs is 1. The first-order chi connectivity index (χ1) is 8.49. The SMILES string of the molecule is CCc1nc(CCC(F)(F)F)nc2c1CNCC2. The maximum atomic E-state index is 12.2. The van der Waals surface area contributed by atoms with Crippen LogP contribution in [0, 0.1) is 0 Å². The average molecular weight is 259 g/mol. The molecule has 18 heavy (non-hydrogen) atoms. The van der Waals surface area contributed by atoms with Gasteiger partial charge in [0.1, 0.15) is 5.82 Å². The second-order valence-electron chi connectivity index (χ2n) is 4.41. The maximum Gasteiger partial charge on any atom is 0.389 e. The second kappa shape index (κ2) is 5.22. The van der Waals surface area contributed by atoms with Crippen LogP contribution in [0.15, 0.2) is 0 Å². The number of aryl methyl sites for hydroxylation is 2. The van der Waals surface area contributed by atoms with Crippen LogP contribution in [-0.2, 0) is 25.8 Å². The smallest absolute Gasteiger partial charge is 0.312 e. The molecule has 0 saturated heterocycles. The van der Waals surface area contributed by atoms with Crippen molar-refractivity contribution in [3.63, 3.8) is 0 Å². The van der Waals surface area contributed by atoms with Crippen molar-refractivity contribution in [3.8, 4) is 0 Å². The Hall–Kier alpha value is -1.17. The van der Waals surface area contributed by atoms with E-state index < -0.39 is 12.6 Å². The Morgan fingerprint density at radius 3 is 2.72 bits per heavy atom. The van der Waals surface area contributed by atoms with Crippen LogP contribution >= 0.6 is 0 Å². The highest BCUT2D eigenvalue weighted by Gasteiger charge is 2.27. The van der Waals surface area contributed by atoms with Crippen LogP contribution in [0.4, 0.5) is 13.2 Å². The van der Waals surface area contributed by atoms with Gasteiger partial charge < -0.3 is 5.32 Å². The summed E-state index contributed by atoms with van der Waals surface area (Å²) < 4.78 is 36.6. The standard InChI is InChI=1S/C12H16F3N3/c1-2-9-8-7-16-6-4-10(8)18-11(17-9)3-5-12(13,14)15/h16H,2-7H2,1H3. The Balaban J connectivity index is 2.21. The Bertz CT molecular complexity index is 412. The van der Waals surface area contributed by atoms with Crippen molar-refractivity contribution in [1.29, 1.82) is 0 Å². The van der Waals surface area contributed by atoms with Gasteiger partial charge in [0.15, 0.2) is 0 Å². The third-order valence-corrected chi connectivity index (χ3v) is 3.03. The molecule has 1 N–H and O–H groups in total. The van der Waals surface area contributed by atoms with E-state index in [-0.39, 0.29) is 6.42 Å². The first-order valence-corrected chi connectivity index (χ1v) is 6.14. The van der Waals surface area contributed by atoms with Crippen molar-refractivity contribution >= 4 is 0 Å². The quantitative estimate of drug-likeness (QED) is 0.904. The van der Waals surface area contributed by atoms with Gasteiger partial charge in [-0.2, -0.15) is 13.2 Å². The molecule has 3 nitrogen and oxygen atoms in total. The fraction of sp³-hybridized carbons (Fsp3) is 0.667. The number of nitrogens with one attached hydrogen (secondary N) is 1. The fourth-order valence-electron chi connectivity index (χ4n) is 2.13. The van der Waals surface area contributed by atoms with Gasteiger partial charge in [-0.05, 0) is 6.42 Å².